The number of hydrogen-bond donors (Lipinski definition) is 0. The van der Waals surface area contributed by atoms with Crippen LogP contribution in [0.2, 0.25) is 0 Å². The van der Waals surface area contributed by atoms with Crippen molar-refractivity contribution < 1.29 is 18.9 Å². The molecule has 2 rings (SSSR count). The summed E-state index contributed by atoms with van der Waals surface area (Å²) in [6, 6.07) is 0. The van der Waals surface area contributed by atoms with Crippen LogP contribution in [0.25, 0.3) is 0 Å². The molecule has 0 saturated carbocycles. The Morgan fingerprint density at radius 2 is 1.24 bits per heavy atom. The molecule has 0 saturated heterocycles. The third-order valence-corrected chi connectivity index (χ3v) is 7.60. The molecule has 2 heterocycles. The standard InChI is InChI=1S/C13H21O4S4/c1-2-15-4-6-17-8-10-19-13-12(20-11-21-13)18-9-7-16-5-3-14-1/h11H,1-10H2/q+1. The summed E-state index contributed by atoms with van der Waals surface area (Å²) in [5.41, 5.74) is 0. The molecule has 0 amide bonds. The van der Waals surface area contributed by atoms with Gasteiger partial charge in [-0.05, 0) is 0 Å². The molecule has 0 aromatic carbocycles. The number of hydrogen-bond acceptors (Lipinski definition) is 7. The van der Waals surface area contributed by atoms with Crippen LogP contribution in [-0.2, 0) is 18.9 Å². The highest BCUT2D eigenvalue weighted by molar-refractivity contribution is 8.05. The third-order valence-electron chi connectivity index (χ3n) is 2.51. The van der Waals surface area contributed by atoms with Crippen molar-refractivity contribution >= 4 is 46.2 Å². The van der Waals surface area contributed by atoms with Gasteiger partial charge in [-0.1, -0.05) is 23.5 Å². The van der Waals surface area contributed by atoms with Crippen molar-refractivity contribution in [3.63, 3.8) is 0 Å². The molecule has 0 bridgehead atoms. The predicted octanol–water partition coefficient (Wildman–Crippen LogP) is 3.35. The molecule has 0 unspecified atom stereocenters. The first-order chi connectivity index (χ1) is 10.5. The molecule has 4 nitrogen and oxygen atoms in total. The normalized spacial score (nSPS) is 21.1. The van der Waals surface area contributed by atoms with Gasteiger partial charge in [-0.3, -0.25) is 0 Å². The Morgan fingerprint density at radius 3 is 1.86 bits per heavy atom. The highest BCUT2D eigenvalue weighted by atomic mass is 32.2. The Bertz CT molecular complexity index is 342. The molecule has 1 aliphatic heterocycles. The van der Waals surface area contributed by atoms with Gasteiger partial charge in [-0.15, -0.1) is 0 Å². The highest BCUT2D eigenvalue weighted by Gasteiger charge is 2.16. The van der Waals surface area contributed by atoms with E-state index in [4.69, 9.17) is 18.9 Å². The van der Waals surface area contributed by atoms with E-state index in [0.717, 1.165) is 24.7 Å². The van der Waals surface area contributed by atoms with Crippen molar-refractivity contribution in [2.45, 2.75) is 8.42 Å². The zero-order chi connectivity index (χ0) is 14.6. The average molecular weight is 370 g/mol. The second kappa shape index (κ2) is 12.1. The van der Waals surface area contributed by atoms with Gasteiger partial charge in [0.15, 0.2) is 0 Å². The van der Waals surface area contributed by atoms with E-state index in [9.17, 15) is 0 Å². The summed E-state index contributed by atoms with van der Waals surface area (Å²) < 4.78 is 27.0. The summed E-state index contributed by atoms with van der Waals surface area (Å²) >= 11 is 7.39. The van der Waals surface area contributed by atoms with Crippen molar-refractivity contribution in [3.05, 3.63) is 4.69 Å². The van der Waals surface area contributed by atoms with Gasteiger partial charge in [0.2, 0.25) is 13.1 Å². The maximum absolute atomic E-state index is 5.57. The summed E-state index contributed by atoms with van der Waals surface area (Å²) in [6.45, 7) is 5.33. The van der Waals surface area contributed by atoms with Gasteiger partial charge in [-0.2, -0.15) is 0 Å². The monoisotopic (exact) mass is 369 g/mol. The van der Waals surface area contributed by atoms with E-state index in [1.807, 2.05) is 46.2 Å². The summed E-state index contributed by atoms with van der Waals surface area (Å²) in [6.07, 6.45) is 0. The second-order valence-corrected chi connectivity index (χ2v) is 8.84. The molecule has 0 aliphatic carbocycles. The van der Waals surface area contributed by atoms with Crippen molar-refractivity contribution in [1.29, 1.82) is 0 Å². The quantitative estimate of drug-likeness (QED) is 0.653. The zero-order valence-electron chi connectivity index (χ0n) is 11.9. The summed E-state index contributed by atoms with van der Waals surface area (Å²) in [5, 5.41) is 0. The van der Waals surface area contributed by atoms with Crippen LogP contribution in [0.3, 0.4) is 0 Å². The number of fused-ring (bicyclic) bond motifs is 1. The van der Waals surface area contributed by atoms with Gasteiger partial charge in [0, 0.05) is 11.5 Å². The summed E-state index contributed by atoms with van der Waals surface area (Å²) in [4.78, 5) is 0. The molecule has 8 heteroatoms. The molecule has 21 heavy (non-hydrogen) atoms. The molecule has 0 spiro atoms. The Labute approximate surface area is 142 Å². The van der Waals surface area contributed by atoms with Crippen LogP contribution in [-0.4, -0.2) is 64.4 Å². The summed E-state index contributed by atoms with van der Waals surface area (Å²) in [7, 11) is 0. The van der Waals surface area contributed by atoms with E-state index < -0.39 is 0 Å². The van der Waals surface area contributed by atoms with Gasteiger partial charge < -0.3 is 18.9 Å². The SMILES string of the molecule is c1sc2c([s+]1)SCCOCCOCCOCCOCCS2. The lowest BCUT2D eigenvalue weighted by Crippen LogP contribution is -2.13. The topological polar surface area (TPSA) is 36.9 Å². The molecule has 0 radical (unpaired) electrons. The molecule has 120 valence electrons. The van der Waals surface area contributed by atoms with Crippen molar-refractivity contribution in [3.8, 4) is 0 Å². The maximum atomic E-state index is 5.57. The first-order valence-corrected chi connectivity index (χ1v) is 10.7. The Hall–Kier alpha value is 0.590. The summed E-state index contributed by atoms with van der Waals surface area (Å²) in [5.74, 6) is 1.97. The molecular formula is C13H21O4S4+. The Morgan fingerprint density at radius 1 is 0.714 bits per heavy atom. The first-order valence-electron chi connectivity index (χ1n) is 6.92. The molecule has 1 aliphatic rings. The third kappa shape index (κ3) is 8.13. The van der Waals surface area contributed by atoms with Crippen LogP contribution in [0.1, 0.15) is 0 Å². The van der Waals surface area contributed by atoms with Crippen LogP contribution in [0.5, 0.6) is 0 Å². The van der Waals surface area contributed by atoms with Crippen molar-refractivity contribution in [1.82, 2.24) is 0 Å². The van der Waals surface area contributed by atoms with Gasteiger partial charge in [0.25, 0.3) is 0 Å². The maximum Gasteiger partial charge on any atom is 0.244 e. The highest BCUT2D eigenvalue weighted by Crippen LogP contribution is 2.39. The molecule has 0 N–H and O–H groups in total. The lowest BCUT2D eigenvalue weighted by Gasteiger charge is -2.07. The van der Waals surface area contributed by atoms with Gasteiger partial charge in [0.1, 0.15) is 0 Å². The van der Waals surface area contributed by atoms with Crippen LogP contribution >= 0.6 is 46.2 Å². The number of thioether (sulfide) groups is 2. The molecule has 0 atom stereocenters. The van der Waals surface area contributed by atoms with Gasteiger partial charge in [-0.25, -0.2) is 0 Å². The molecule has 1 aromatic rings. The second-order valence-electron chi connectivity index (χ2n) is 4.05. The zero-order valence-corrected chi connectivity index (χ0v) is 15.2. The van der Waals surface area contributed by atoms with Crippen LogP contribution in [0, 0.1) is 0 Å². The fourth-order valence-electron chi connectivity index (χ4n) is 1.54. The predicted molar refractivity (Wildman–Crippen MR) is 91.3 cm³/mol. The minimum Gasteiger partial charge on any atom is -0.378 e. The first kappa shape index (κ1) is 17.9. The lowest BCUT2D eigenvalue weighted by molar-refractivity contribution is 0.00145. The van der Waals surface area contributed by atoms with Crippen molar-refractivity contribution in [2.75, 3.05) is 64.4 Å². The lowest BCUT2D eigenvalue weighted by atomic mass is 10.7. The number of rotatable bonds is 0. The van der Waals surface area contributed by atoms with Gasteiger partial charge >= 0.3 is 0 Å². The fraction of sp³-hybridized carbons (Fsp3) is 0.769. The number of ether oxygens (including phenoxy) is 4. The van der Waals surface area contributed by atoms with E-state index in [1.165, 1.54) is 8.42 Å². The van der Waals surface area contributed by atoms with E-state index in [1.54, 1.807) is 0 Å². The smallest absolute Gasteiger partial charge is 0.244 e. The minimum atomic E-state index is 0.619. The van der Waals surface area contributed by atoms with Crippen molar-refractivity contribution in [2.24, 2.45) is 0 Å². The molecular weight excluding hydrogens is 348 g/mol. The van der Waals surface area contributed by atoms with Crippen LogP contribution in [0.15, 0.2) is 13.1 Å². The Kier molecular flexibility index (Phi) is 10.3. The van der Waals surface area contributed by atoms with Crippen LogP contribution in [0.4, 0.5) is 0 Å². The van der Waals surface area contributed by atoms with E-state index in [-0.39, 0.29) is 0 Å². The van der Waals surface area contributed by atoms with Gasteiger partial charge in [0.05, 0.1) is 75.5 Å². The van der Waals surface area contributed by atoms with E-state index in [0.29, 0.717) is 39.6 Å². The molecule has 1 aromatic heterocycles. The van der Waals surface area contributed by atoms with E-state index >= 15 is 0 Å². The largest absolute Gasteiger partial charge is 0.378 e. The Balaban J connectivity index is 1.73. The molecule has 0 fully saturated rings. The van der Waals surface area contributed by atoms with Crippen LogP contribution < -0.4 is 0 Å². The van der Waals surface area contributed by atoms with E-state index in [2.05, 4.69) is 4.69 Å². The minimum absolute atomic E-state index is 0.619. The average Bonchev–Trinajstić information content (AvgIpc) is 2.93. The fourth-order valence-corrected chi connectivity index (χ4v) is 6.67.